The molecular weight excluding hydrogens is 418 g/mol. The van der Waals surface area contributed by atoms with E-state index in [1.807, 2.05) is 29.9 Å². The minimum absolute atomic E-state index is 0.0566. The molecule has 2 rings (SSSR count). The van der Waals surface area contributed by atoms with E-state index >= 15 is 0 Å². The van der Waals surface area contributed by atoms with Gasteiger partial charge in [-0.05, 0) is 32.1 Å². The molecule has 0 aliphatic rings. The Bertz CT molecular complexity index is 925. The number of hydrogen-bond acceptors (Lipinski definition) is 7. The normalized spacial score (nSPS) is 11.7. The third-order valence-electron chi connectivity index (χ3n) is 4.68. The van der Waals surface area contributed by atoms with E-state index in [-0.39, 0.29) is 19.0 Å². The number of nitrogens with zero attached hydrogens (tertiary/aromatic N) is 5. The molecule has 0 saturated carbocycles. The molecule has 32 heavy (non-hydrogen) atoms. The van der Waals surface area contributed by atoms with Crippen LogP contribution in [0.1, 0.15) is 32.1 Å². The number of alkyl carbamates (subject to hydrolysis) is 1. The van der Waals surface area contributed by atoms with Crippen molar-refractivity contribution in [2.75, 3.05) is 32.1 Å². The number of carbonyl (C=O) groups excluding carboxylic acids is 1. The third kappa shape index (κ3) is 7.56. The fourth-order valence-corrected chi connectivity index (χ4v) is 3.10. The molecule has 0 saturated heterocycles. The van der Waals surface area contributed by atoms with Gasteiger partial charge in [-0.25, -0.2) is 14.2 Å². The Kier molecular flexibility index (Phi) is 9.44. The molecule has 1 amide bonds. The number of imidazole rings is 1. The van der Waals surface area contributed by atoms with Crippen molar-refractivity contribution in [1.29, 1.82) is 0 Å². The molecule has 2 heterocycles. The van der Waals surface area contributed by atoms with E-state index in [1.165, 1.54) is 0 Å². The summed E-state index contributed by atoms with van der Waals surface area (Å²) in [5.41, 5.74) is 12.1. The van der Waals surface area contributed by atoms with Crippen molar-refractivity contribution in [3.63, 3.8) is 0 Å². The lowest BCUT2D eigenvalue weighted by Crippen LogP contribution is -2.41. The van der Waals surface area contributed by atoms with Crippen LogP contribution in [0.5, 0.6) is 0 Å². The molecule has 0 spiro atoms. The Morgan fingerprint density at radius 1 is 1.28 bits per heavy atom. The molecule has 0 radical (unpaired) electrons. The number of hydrogen-bond donors (Lipinski definition) is 5. The maximum absolute atomic E-state index is 11.9. The van der Waals surface area contributed by atoms with E-state index in [9.17, 15) is 14.7 Å². The fourth-order valence-electron chi connectivity index (χ4n) is 3.10. The zero-order chi connectivity index (χ0) is 23.5. The Morgan fingerprint density at radius 3 is 2.75 bits per heavy atom. The van der Waals surface area contributed by atoms with Crippen molar-refractivity contribution in [1.82, 2.24) is 20.3 Å². The molecule has 0 bridgehead atoms. The van der Waals surface area contributed by atoms with Crippen LogP contribution < -0.4 is 26.3 Å². The number of aromatic nitrogens is 4. The lowest BCUT2D eigenvalue weighted by atomic mass is 10.1. The highest BCUT2D eigenvalue weighted by Crippen LogP contribution is 2.16. The summed E-state index contributed by atoms with van der Waals surface area (Å²) in [5, 5.41) is 11.6. The molecule has 176 valence electrons. The van der Waals surface area contributed by atoms with Crippen molar-refractivity contribution in [3.05, 3.63) is 12.7 Å². The van der Waals surface area contributed by atoms with Crippen LogP contribution in [0, 0.1) is 0 Å². The quantitative estimate of drug-likeness (QED) is 0.118. The van der Waals surface area contributed by atoms with Gasteiger partial charge < -0.3 is 31.5 Å². The number of nitrogens with two attached hydrogens (primary N) is 2. The second-order valence-electron chi connectivity index (χ2n) is 7.44. The molecule has 13 nitrogen and oxygen atoms in total. The summed E-state index contributed by atoms with van der Waals surface area (Å²) in [5.74, 6) is -0.369. The average Bonchev–Trinajstić information content (AvgIpc) is 3.15. The van der Waals surface area contributed by atoms with E-state index in [2.05, 4.69) is 25.3 Å². The number of fused-ring (bicyclic) bond motifs is 1. The summed E-state index contributed by atoms with van der Waals surface area (Å²) >= 11 is 0. The number of aliphatic carboxylic acids is 1. The highest BCUT2D eigenvalue weighted by molar-refractivity contribution is 5.80. The Balaban J connectivity index is 1.67. The monoisotopic (exact) mass is 450 g/mol. The molecule has 0 aliphatic heterocycles. The number of carbonyl (C=O) groups is 2. The highest BCUT2D eigenvalue weighted by Gasteiger charge is 2.20. The summed E-state index contributed by atoms with van der Waals surface area (Å²) in [4.78, 5) is 40.7. The maximum atomic E-state index is 11.9. The Hall–Kier alpha value is -3.64. The zero-order valence-electron chi connectivity index (χ0n) is 18.5. The summed E-state index contributed by atoms with van der Waals surface area (Å²) in [6, 6.07) is -1.05. The number of nitrogens with one attached hydrogen (secondary N) is 2. The van der Waals surface area contributed by atoms with Gasteiger partial charge in [0.15, 0.2) is 24.4 Å². The standard InChI is InChI=1S/C19H31N9O4/c1-27(2)15-14-16(24-11-23-15)28(12-25-14)9-4-3-5-10-32-19(31)26-13(17(29)30)7-6-8-22-18(20)21/h11-13H,3-10H2,1-2H3,(H6,20,21,22,26,29,30,31)/p+1/t13-/m1/s1. The molecular formula is C19H32N9O4+. The minimum Gasteiger partial charge on any atom is -0.480 e. The van der Waals surface area contributed by atoms with Crippen molar-refractivity contribution in [2.45, 2.75) is 44.7 Å². The van der Waals surface area contributed by atoms with Gasteiger partial charge in [0, 0.05) is 20.6 Å². The van der Waals surface area contributed by atoms with Gasteiger partial charge in [-0.15, -0.1) is 0 Å². The minimum atomic E-state index is -1.14. The number of carboxylic acid groups (broad SMARTS) is 1. The number of H-pyrrole nitrogens is 1. The first-order chi connectivity index (χ1) is 15.3. The SMILES string of the molecule is CN(C)c1ncnc2c1[nH]c[n+]2CCCCCOC(=O)N[C@H](CCCN=C(N)N)C(=O)O. The van der Waals surface area contributed by atoms with Crippen LogP contribution in [0.4, 0.5) is 10.6 Å². The highest BCUT2D eigenvalue weighted by atomic mass is 16.5. The number of carboxylic acids is 1. The number of amides is 1. The number of anilines is 1. The zero-order valence-corrected chi connectivity index (χ0v) is 18.5. The lowest BCUT2D eigenvalue weighted by Gasteiger charge is -2.14. The van der Waals surface area contributed by atoms with Gasteiger partial charge in [-0.1, -0.05) is 4.98 Å². The Morgan fingerprint density at radius 2 is 2.06 bits per heavy atom. The van der Waals surface area contributed by atoms with Gasteiger partial charge in [0.05, 0.1) is 13.2 Å². The number of ether oxygens (including phenoxy) is 1. The topological polar surface area (TPSA) is 189 Å². The predicted molar refractivity (Wildman–Crippen MR) is 118 cm³/mol. The van der Waals surface area contributed by atoms with Gasteiger partial charge in [0.2, 0.25) is 5.52 Å². The number of aryl methyl sites for hydroxylation is 1. The van der Waals surface area contributed by atoms with Crippen LogP contribution in [-0.4, -0.2) is 71.4 Å². The second kappa shape index (κ2) is 12.3. The van der Waals surface area contributed by atoms with Crippen LogP contribution >= 0.6 is 0 Å². The van der Waals surface area contributed by atoms with E-state index in [0.717, 1.165) is 36.4 Å². The molecule has 0 unspecified atom stereocenters. The van der Waals surface area contributed by atoms with E-state index < -0.39 is 18.1 Å². The fraction of sp³-hybridized carbons (Fsp3) is 0.579. The molecule has 0 aromatic carbocycles. The van der Waals surface area contributed by atoms with Gasteiger partial charge >= 0.3 is 17.7 Å². The van der Waals surface area contributed by atoms with E-state index in [0.29, 0.717) is 19.4 Å². The average molecular weight is 451 g/mol. The second-order valence-corrected chi connectivity index (χ2v) is 7.44. The van der Waals surface area contributed by atoms with Gasteiger partial charge in [0.25, 0.3) is 0 Å². The van der Waals surface area contributed by atoms with Crippen molar-refractivity contribution >= 4 is 35.0 Å². The van der Waals surface area contributed by atoms with E-state index in [1.54, 1.807) is 6.33 Å². The molecule has 0 aliphatic carbocycles. The van der Waals surface area contributed by atoms with Crippen LogP contribution in [0.3, 0.4) is 0 Å². The van der Waals surface area contributed by atoms with Crippen molar-refractivity contribution < 1.29 is 24.0 Å². The first kappa shape index (κ1) is 24.6. The van der Waals surface area contributed by atoms with Crippen molar-refractivity contribution in [2.24, 2.45) is 16.5 Å². The van der Waals surface area contributed by atoms with Gasteiger partial charge in [-0.2, -0.15) is 4.98 Å². The van der Waals surface area contributed by atoms with Crippen molar-refractivity contribution in [3.8, 4) is 0 Å². The number of rotatable bonds is 13. The van der Waals surface area contributed by atoms with Crippen LogP contribution in [0.25, 0.3) is 11.2 Å². The largest absolute Gasteiger partial charge is 0.480 e. The molecule has 0 fully saturated rings. The lowest BCUT2D eigenvalue weighted by molar-refractivity contribution is -0.673. The van der Waals surface area contributed by atoms with Crippen LogP contribution in [0.2, 0.25) is 0 Å². The van der Waals surface area contributed by atoms with Gasteiger partial charge in [0.1, 0.15) is 6.04 Å². The maximum Gasteiger partial charge on any atom is 0.407 e. The smallest absolute Gasteiger partial charge is 0.407 e. The molecule has 1 atom stereocenters. The number of aromatic amines is 1. The summed E-state index contributed by atoms with van der Waals surface area (Å²) < 4.78 is 7.12. The molecule has 2 aromatic heterocycles. The van der Waals surface area contributed by atoms with Crippen LogP contribution in [-0.2, 0) is 16.1 Å². The number of aliphatic imine (C=N–C) groups is 1. The molecule has 13 heteroatoms. The molecule has 7 N–H and O–H groups in total. The first-order valence-electron chi connectivity index (χ1n) is 10.4. The third-order valence-corrected chi connectivity index (χ3v) is 4.68. The Labute approximate surface area is 185 Å². The van der Waals surface area contributed by atoms with E-state index in [4.69, 9.17) is 16.2 Å². The van der Waals surface area contributed by atoms with Crippen LogP contribution in [0.15, 0.2) is 17.6 Å². The summed E-state index contributed by atoms with van der Waals surface area (Å²) in [7, 11) is 3.85. The predicted octanol–water partition coefficient (Wildman–Crippen LogP) is -0.285. The number of unbranched alkanes of at least 4 members (excludes halogenated alkanes) is 2. The van der Waals surface area contributed by atoms with Gasteiger partial charge in [-0.3, -0.25) is 9.98 Å². The summed E-state index contributed by atoms with van der Waals surface area (Å²) in [6.45, 7) is 1.25. The molecule has 2 aromatic rings. The summed E-state index contributed by atoms with van der Waals surface area (Å²) in [6.07, 6.45) is 5.64. The number of guanidine groups is 1. The first-order valence-corrected chi connectivity index (χ1v) is 10.4.